The van der Waals surface area contributed by atoms with Gasteiger partial charge < -0.3 is 16.2 Å². The van der Waals surface area contributed by atoms with Gasteiger partial charge in [0.2, 0.25) is 5.91 Å². The third kappa shape index (κ3) is 9.41. The van der Waals surface area contributed by atoms with Crippen LogP contribution in [-0.4, -0.2) is 50.0 Å². The van der Waals surface area contributed by atoms with E-state index in [1.807, 2.05) is 20.8 Å². The van der Waals surface area contributed by atoms with Crippen molar-refractivity contribution < 1.29 is 23.1 Å². The summed E-state index contributed by atoms with van der Waals surface area (Å²) in [4.78, 5) is 23.2. The van der Waals surface area contributed by atoms with Gasteiger partial charge >= 0.3 is 5.97 Å². The Balaban J connectivity index is 4.76. The Morgan fingerprint density at radius 3 is 2.14 bits per heavy atom. The molecule has 0 aromatic rings. The summed E-state index contributed by atoms with van der Waals surface area (Å²) in [6.45, 7) is 5.99. The first-order chi connectivity index (χ1) is 9.35. The molecule has 0 spiro atoms. The average Bonchev–Trinajstić information content (AvgIpc) is 2.28. The lowest BCUT2D eigenvalue weighted by Gasteiger charge is -2.25. The summed E-state index contributed by atoms with van der Waals surface area (Å²) in [6, 6.07) is -1.22. The number of sulfone groups is 1. The predicted octanol–water partition coefficient (Wildman–Crippen LogP) is 0.00160. The fourth-order valence-corrected chi connectivity index (χ4v) is 2.57. The Bertz CT molecular complexity index is 467. The second-order valence-corrected chi connectivity index (χ2v) is 8.78. The van der Waals surface area contributed by atoms with Gasteiger partial charge in [0.25, 0.3) is 0 Å². The van der Waals surface area contributed by atoms with E-state index in [0.717, 1.165) is 6.26 Å². The number of amides is 1. The molecule has 0 rings (SSSR count). The van der Waals surface area contributed by atoms with Crippen LogP contribution in [0.2, 0.25) is 0 Å². The number of nitrogens with two attached hydrogens (primary N) is 1. The number of carboxylic acids is 1. The summed E-state index contributed by atoms with van der Waals surface area (Å²) < 4.78 is 22.2. The fourth-order valence-electron chi connectivity index (χ4n) is 1.90. The molecule has 0 heterocycles. The van der Waals surface area contributed by atoms with Gasteiger partial charge in [0.05, 0.1) is 11.7 Å². The molecule has 0 aromatic heterocycles. The molecule has 0 aliphatic carbocycles. The highest BCUT2D eigenvalue weighted by Gasteiger charge is 2.28. The molecule has 0 fully saturated rings. The van der Waals surface area contributed by atoms with Gasteiger partial charge in [-0.2, -0.15) is 0 Å². The van der Waals surface area contributed by atoms with E-state index >= 15 is 0 Å². The molecule has 0 saturated heterocycles. The van der Waals surface area contributed by atoms with Gasteiger partial charge in [0.15, 0.2) is 0 Å². The van der Waals surface area contributed by atoms with Crippen molar-refractivity contribution in [2.75, 3.05) is 18.6 Å². The zero-order valence-electron chi connectivity index (χ0n) is 13.0. The number of nitrogens with one attached hydrogen (secondary N) is 1. The summed E-state index contributed by atoms with van der Waals surface area (Å²) >= 11 is 0. The maximum Gasteiger partial charge on any atom is 0.326 e. The highest BCUT2D eigenvalue weighted by Crippen LogP contribution is 2.24. The quantitative estimate of drug-likeness (QED) is 0.577. The Kier molecular flexibility index (Phi) is 7.32. The molecule has 4 N–H and O–H groups in total. The second kappa shape index (κ2) is 7.74. The number of carbonyl (C=O) groups excluding carboxylic acids is 1. The maximum absolute atomic E-state index is 12.1. The van der Waals surface area contributed by atoms with Crippen molar-refractivity contribution in [3.05, 3.63) is 0 Å². The van der Waals surface area contributed by atoms with Crippen molar-refractivity contribution >= 4 is 21.7 Å². The van der Waals surface area contributed by atoms with E-state index in [-0.39, 0.29) is 24.1 Å². The van der Waals surface area contributed by atoms with Crippen molar-refractivity contribution in [1.82, 2.24) is 5.32 Å². The van der Waals surface area contributed by atoms with Crippen molar-refractivity contribution in [3.8, 4) is 0 Å². The number of hydrogen-bond acceptors (Lipinski definition) is 5. The number of carboxylic acid groups (broad SMARTS) is 1. The van der Waals surface area contributed by atoms with Gasteiger partial charge in [-0.3, -0.25) is 4.79 Å². The molecule has 8 heteroatoms. The largest absolute Gasteiger partial charge is 0.480 e. The van der Waals surface area contributed by atoms with E-state index in [9.17, 15) is 18.0 Å². The van der Waals surface area contributed by atoms with Gasteiger partial charge in [-0.05, 0) is 18.3 Å². The molecule has 2 unspecified atom stereocenters. The SMILES string of the molecule is CC(C)(C)CC(CN)C(=O)NC(CCS(C)(=O)=O)C(=O)O. The fraction of sp³-hybridized carbons (Fsp3) is 0.846. The van der Waals surface area contributed by atoms with Crippen molar-refractivity contribution in [1.29, 1.82) is 0 Å². The van der Waals surface area contributed by atoms with Crippen LogP contribution in [0, 0.1) is 11.3 Å². The lowest BCUT2D eigenvalue weighted by Crippen LogP contribution is -2.46. The van der Waals surface area contributed by atoms with Gasteiger partial charge in [-0.15, -0.1) is 0 Å². The van der Waals surface area contributed by atoms with Crippen LogP contribution in [0.1, 0.15) is 33.6 Å². The van der Waals surface area contributed by atoms with Crippen LogP contribution >= 0.6 is 0 Å². The number of hydrogen-bond donors (Lipinski definition) is 3. The highest BCUT2D eigenvalue weighted by molar-refractivity contribution is 7.90. The third-order valence-corrected chi connectivity index (χ3v) is 3.88. The molecule has 0 bridgehead atoms. The topological polar surface area (TPSA) is 127 Å². The highest BCUT2D eigenvalue weighted by atomic mass is 32.2. The Labute approximate surface area is 126 Å². The van der Waals surface area contributed by atoms with Gasteiger partial charge in [0.1, 0.15) is 15.9 Å². The smallest absolute Gasteiger partial charge is 0.326 e. The van der Waals surface area contributed by atoms with Gasteiger partial charge in [-0.1, -0.05) is 20.8 Å². The van der Waals surface area contributed by atoms with Crippen LogP contribution in [0.25, 0.3) is 0 Å². The van der Waals surface area contributed by atoms with Crippen molar-refractivity contribution in [2.24, 2.45) is 17.1 Å². The molecule has 2 atom stereocenters. The lowest BCUT2D eigenvalue weighted by molar-refractivity contribution is -0.142. The van der Waals surface area contributed by atoms with E-state index in [1.54, 1.807) is 0 Å². The first-order valence-electron chi connectivity index (χ1n) is 6.76. The summed E-state index contributed by atoms with van der Waals surface area (Å²) in [6.07, 6.45) is 1.39. The summed E-state index contributed by atoms with van der Waals surface area (Å²) in [7, 11) is -3.28. The van der Waals surface area contributed by atoms with Gasteiger partial charge in [-0.25, -0.2) is 13.2 Å². The molecule has 21 heavy (non-hydrogen) atoms. The van der Waals surface area contributed by atoms with E-state index < -0.39 is 33.7 Å². The maximum atomic E-state index is 12.1. The minimum absolute atomic E-state index is 0.113. The molecule has 0 aliphatic rings. The first-order valence-corrected chi connectivity index (χ1v) is 8.83. The molecule has 7 nitrogen and oxygen atoms in total. The van der Waals surface area contributed by atoms with Gasteiger partial charge in [0, 0.05) is 12.8 Å². The summed E-state index contributed by atoms with van der Waals surface area (Å²) in [5.74, 6) is -2.49. The average molecular weight is 322 g/mol. The molecule has 0 aromatic carbocycles. The van der Waals surface area contributed by atoms with Crippen LogP contribution in [0.4, 0.5) is 0 Å². The predicted molar refractivity (Wildman–Crippen MR) is 80.5 cm³/mol. The standard InChI is InChI=1S/C13H26N2O5S/c1-13(2,3)7-9(8-14)11(16)15-10(12(17)18)5-6-21(4,19)20/h9-10H,5-8,14H2,1-4H3,(H,15,16)(H,17,18). The van der Waals surface area contributed by atoms with Crippen LogP contribution in [0.3, 0.4) is 0 Å². The number of carbonyl (C=O) groups is 2. The van der Waals surface area contributed by atoms with Crippen LogP contribution in [-0.2, 0) is 19.4 Å². The van der Waals surface area contributed by atoms with E-state index in [2.05, 4.69) is 5.32 Å². The number of rotatable bonds is 8. The van der Waals surface area contributed by atoms with Crippen molar-refractivity contribution in [3.63, 3.8) is 0 Å². The second-order valence-electron chi connectivity index (χ2n) is 6.52. The summed E-state index contributed by atoms with van der Waals surface area (Å²) in [5, 5.41) is 11.4. The molecular weight excluding hydrogens is 296 g/mol. The normalized spacial score (nSPS) is 15.3. The van der Waals surface area contributed by atoms with Crippen LogP contribution in [0.15, 0.2) is 0 Å². The summed E-state index contributed by atoms with van der Waals surface area (Å²) in [5.41, 5.74) is 5.45. The Hall–Kier alpha value is -1.15. The van der Waals surface area contributed by atoms with E-state index in [1.165, 1.54) is 0 Å². The first kappa shape index (κ1) is 19.9. The lowest BCUT2D eigenvalue weighted by atomic mass is 9.84. The molecule has 0 radical (unpaired) electrons. The molecule has 1 amide bonds. The minimum Gasteiger partial charge on any atom is -0.480 e. The van der Waals surface area contributed by atoms with E-state index in [4.69, 9.17) is 10.8 Å². The third-order valence-electron chi connectivity index (χ3n) is 2.91. The minimum atomic E-state index is -3.28. The molecular formula is C13H26N2O5S. The van der Waals surface area contributed by atoms with Crippen LogP contribution in [0.5, 0.6) is 0 Å². The van der Waals surface area contributed by atoms with Crippen LogP contribution < -0.4 is 11.1 Å². The monoisotopic (exact) mass is 322 g/mol. The molecule has 0 saturated carbocycles. The Morgan fingerprint density at radius 1 is 1.29 bits per heavy atom. The molecule has 124 valence electrons. The van der Waals surface area contributed by atoms with E-state index in [0.29, 0.717) is 6.42 Å². The zero-order valence-corrected chi connectivity index (χ0v) is 13.9. The van der Waals surface area contributed by atoms with Crippen molar-refractivity contribution in [2.45, 2.75) is 39.7 Å². The molecule has 0 aliphatic heterocycles. The number of aliphatic carboxylic acids is 1. The zero-order chi connectivity index (χ0) is 16.8. The Morgan fingerprint density at radius 2 is 1.81 bits per heavy atom.